The molecule has 5 nitrogen and oxygen atoms in total. The largest absolute Gasteiger partial charge is 0.497 e. The number of thioether (sulfide) groups is 1. The zero-order chi connectivity index (χ0) is 20.6. The van der Waals surface area contributed by atoms with E-state index in [2.05, 4.69) is 16.4 Å². The fourth-order valence-electron chi connectivity index (χ4n) is 2.66. The SMILES string of the molecule is COc1ccc(NC(=O)CCSc2nc(-c3ccc(C)cc3)ccc2C#N)cc1. The van der Waals surface area contributed by atoms with E-state index in [1.807, 2.05) is 37.3 Å². The minimum Gasteiger partial charge on any atom is -0.497 e. The van der Waals surface area contributed by atoms with E-state index in [1.165, 1.54) is 17.3 Å². The van der Waals surface area contributed by atoms with Crippen molar-refractivity contribution in [2.75, 3.05) is 18.2 Å². The van der Waals surface area contributed by atoms with Gasteiger partial charge < -0.3 is 10.1 Å². The predicted molar refractivity (Wildman–Crippen MR) is 116 cm³/mol. The highest BCUT2D eigenvalue weighted by atomic mass is 32.2. The fraction of sp³-hybridized carbons (Fsp3) is 0.174. The summed E-state index contributed by atoms with van der Waals surface area (Å²) >= 11 is 1.41. The number of anilines is 1. The lowest BCUT2D eigenvalue weighted by atomic mass is 10.1. The van der Waals surface area contributed by atoms with Gasteiger partial charge in [-0.3, -0.25) is 4.79 Å². The number of aromatic nitrogens is 1. The van der Waals surface area contributed by atoms with Gasteiger partial charge in [-0.05, 0) is 43.3 Å². The number of aryl methyl sites for hydroxylation is 1. The number of nitrogens with one attached hydrogen (secondary N) is 1. The molecule has 0 saturated heterocycles. The number of nitriles is 1. The second-order valence-electron chi connectivity index (χ2n) is 6.40. The van der Waals surface area contributed by atoms with Gasteiger partial charge in [-0.25, -0.2) is 4.98 Å². The van der Waals surface area contributed by atoms with Crippen LogP contribution in [0.2, 0.25) is 0 Å². The average Bonchev–Trinajstić information content (AvgIpc) is 2.75. The van der Waals surface area contributed by atoms with Crippen molar-refractivity contribution in [1.29, 1.82) is 5.26 Å². The molecule has 0 bridgehead atoms. The van der Waals surface area contributed by atoms with Crippen LogP contribution in [-0.4, -0.2) is 23.8 Å². The summed E-state index contributed by atoms with van der Waals surface area (Å²) in [6.07, 6.45) is 0.317. The number of benzene rings is 2. The van der Waals surface area contributed by atoms with E-state index >= 15 is 0 Å². The third-order valence-electron chi connectivity index (χ3n) is 4.27. The molecule has 0 aliphatic carbocycles. The quantitative estimate of drug-likeness (QED) is 0.558. The van der Waals surface area contributed by atoms with E-state index < -0.39 is 0 Å². The summed E-state index contributed by atoms with van der Waals surface area (Å²) in [5.41, 5.74) is 4.23. The van der Waals surface area contributed by atoms with Gasteiger partial charge in [0.1, 0.15) is 16.8 Å². The van der Waals surface area contributed by atoms with Gasteiger partial charge in [0.2, 0.25) is 5.91 Å². The van der Waals surface area contributed by atoms with Crippen LogP contribution in [-0.2, 0) is 4.79 Å². The van der Waals surface area contributed by atoms with Crippen molar-refractivity contribution >= 4 is 23.4 Å². The number of ether oxygens (including phenoxy) is 1. The number of carbonyl (C=O) groups is 1. The van der Waals surface area contributed by atoms with Crippen molar-refractivity contribution < 1.29 is 9.53 Å². The maximum atomic E-state index is 12.2. The van der Waals surface area contributed by atoms with Crippen molar-refractivity contribution in [3.05, 3.63) is 71.8 Å². The average molecular weight is 404 g/mol. The molecule has 0 unspecified atom stereocenters. The Morgan fingerprint density at radius 1 is 1.10 bits per heavy atom. The zero-order valence-corrected chi connectivity index (χ0v) is 17.1. The highest BCUT2D eigenvalue weighted by molar-refractivity contribution is 7.99. The Hall–Kier alpha value is -3.30. The molecule has 1 N–H and O–H groups in total. The molecule has 3 aromatic rings. The fourth-order valence-corrected chi connectivity index (χ4v) is 3.57. The highest BCUT2D eigenvalue weighted by Gasteiger charge is 2.10. The van der Waals surface area contributed by atoms with Crippen LogP contribution in [0.15, 0.2) is 65.7 Å². The number of pyridine rings is 1. The second kappa shape index (κ2) is 9.76. The molecule has 146 valence electrons. The smallest absolute Gasteiger partial charge is 0.225 e. The summed E-state index contributed by atoms with van der Waals surface area (Å²) in [5, 5.41) is 12.9. The van der Waals surface area contributed by atoms with Crippen molar-refractivity contribution in [2.45, 2.75) is 18.4 Å². The predicted octanol–water partition coefficient (Wildman–Crippen LogP) is 5.06. The zero-order valence-electron chi connectivity index (χ0n) is 16.3. The molecule has 6 heteroatoms. The first-order valence-corrected chi connectivity index (χ1v) is 10.1. The summed E-state index contributed by atoms with van der Waals surface area (Å²) < 4.78 is 5.11. The van der Waals surface area contributed by atoms with Crippen molar-refractivity contribution in [3.8, 4) is 23.1 Å². The molecule has 0 aliphatic rings. The summed E-state index contributed by atoms with van der Waals surface area (Å²) in [6.45, 7) is 2.04. The third-order valence-corrected chi connectivity index (χ3v) is 5.26. The Bertz CT molecular complexity index is 1030. The van der Waals surface area contributed by atoms with Crippen LogP contribution in [0.25, 0.3) is 11.3 Å². The molecule has 29 heavy (non-hydrogen) atoms. The van der Waals surface area contributed by atoms with E-state index in [0.717, 1.165) is 22.7 Å². The first-order valence-electron chi connectivity index (χ1n) is 9.14. The Morgan fingerprint density at radius 2 is 1.83 bits per heavy atom. The first-order chi connectivity index (χ1) is 14.1. The number of amides is 1. The van der Waals surface area contributed by atoms with Crippen LogP contribution in [0.3, 0.4) is 0 Å². The number of nitrogens with zero attached hydrogens (tertiary/aromatic N) is 2. The minimum absolute atomic E-state index is 0.0872. The lowest BCUT2D eigenvalue weighted by molar-refractivity contribution is -0.115. The van der Waals surface area contributed by atoms with E-state index in [1.54, 1.807) is 37.4 Å². The van der Waals surface area contributed by atoms with E-state index in [-0.39, 0.29) is 5.91 Å². The molecule has 0 fully saturated rings. The summed E-state index contributed by atoms with van der Waals surface area (Å²) in [7, 11) is 1.60. The van der Waals surface area contributed by atoms with Crippen LogP contribution >= 0.6 is 11.8 Å². The van der Waals surface area contributed by atoms with Gasteiger partial charge in [0.15, 0.2) is 0 Å². The lowest BCUT2D eigenvalue weighted by Gasteiger charge is -2.08. The van der Waals surface area contributed by atoms with Crippen LogP contribution in [0.5, 0.6) is 5.75 Å². The molecule has 0 saturated carbocycles. The van der Waals surface area contributed by atoms with Gasteiger partial charge in [-0.1, -0.05) is 29.8 Å². The van der Waals surface area contributed by atoms with Gasteiger partial charge >= 0.3 is 0 Å². The minimum atomic E-state index is -0.0872. The van der Waals surface area contributed by atoms with Gasteiger partial charge in [0.25, 0.3) is 0 Å². The van der Waals surface area contributed by atoms with Crippen LogP contribution < -0.4 is 10.1 Å². The van der Waals surface area contributed by atoms with Gasteiger partial charge in [0, 0.05) is 23.4 Å². The number of methoxy groups -OCH3 is 1. The molecular formula is C23H21N3O2S. The number of hydrogen-bond donors (Lipinski definition) is 1. The Balaban J connectivity index is 1.61. The highest BCUT2D eigenvalue weighted by Crippen LogP contribution is 2.26. The standard InChI is InChI=1S/C23H21N3O2S/c1-16-3-5-17(6-4-16)21-12-7-18(15-24)23(26-21)29-14-13-22(27)25-19-8-10-20(28-2)11-9-19/h3-12H,13-14H2,1-2H3,(H,25,27). The van der Waals surface area contributed by atoms with Crippen molar-refractivity contribution in [3.63, 3.8) is 0 Å². The van der Waals surface area contributed by atoms with Crippen LogP contribution in [0, 0.1) is 18.3 Å². The van der Waals surface area contributed by atoms with Crippen LogP contribution in [0.1, 0.15) is 17.5 Å². The molecule has 1 heterocycles. The monoisotopic (exact) mass is 403 g/mol. The first kappa shape index (κ1) is 20.4. The van der Waals surface area contributed by atoms with E-state index in [4.69, 9.17) is 4.74 Å². The van der Waals surface area contributed by atoms with Crippen LogP contribution in [0.4, 0.5) is 5.69 Å². The van der Waals surface area contributed by atoms with Crippen molar-refractivity contribution in [2.24, 2.45) is 0 Å². The Morgan fingerprint density at radius 3 is 2.48 bits per heavy atom. The molecular weight excluding hydrogens is 382 g/mol. The molecule has 1 aromatic heterocycles. The summed E-state index contributed by atoms with van der Waals surface area (Å²) in [6, 6.07) is 21.1. The summed E-state index contributed by atoms with van der Waals surface area (Å²) in [5.74, 6) is 1.18. The molecule has 0 atom stereocenters. The third kappa shape index (κ3) is 5.59. The van der Waals surface area contributed by atoms with Gasteiger partial charge in [0.05, 0.1) is 18.4 Å². The Kier molecular flexibility index (Phi) is 6.88. The summed E-state index contributed by atoms with van der Waals surface area (Å²) in [4.78, 5) is 16.8. The maximum absolute atomic E-state index is 12.2. The normalized spacial score (nSPS) is 10.2. The topological polar surface area (TPSA) is 75.0 Å². The molecule has 3 rings (SSSR count). The number of hydrogen-bond acceptors (Lipinski definition) is 5. The second-order valence-corrected chi connectivity index (χ2v) is 7.49. The number of carbonyl (C=O) groups excluding carboxylic acids is 1. The Labute approximate surface area is 174 Å². The van der Waals surface area contributed by atoms with Gasteiger partial charge in [-0.15, -0.1) is 11.8 Å². The molecule has 0 aliphatic heterocycles. The molecule has 1 amide bonds. The van der Waals surface area contributed by atoms with E-state index in [9.17, 15) is 10.1 Å². The maximum Gasteiger partial charge on any atom is 0.225 e. The molecule has 2 aromatic carbocycles. The van der Waals surface area contributed by atoms with Gasteiger partial charge in [-0.2, -0.15) is 5.26 Å². The van der Waals surface area contributed by atoms with Crippen molar-refractivity contribution in [1.82, 2.24) is 4.98 Å². The molecule has 0 radical (unpaired) electrons. The lowest BCUT2D eigenvalue weighted by Crippen LogP contribution is -2.12. The molecule has 0 spiro atoms. The van der Waals surface area contributed by atoms with E-state index in [0.29, 0.717) is 22.8 Å². The number of rotatable bonds is 7.